The average molecular weight is 350 g/mol. The van der Waals surface area contributed by atoms with Gasteiger partial charge in [0.1, 0.15) is 5.69 Å². The van der Waals surface area contributed by atoms with Gasteiger partial charge >= 0.3 is 0 Å². The van der Waals surface area contributed by atoms with E-state index in [0.29, 0.717) is 21.4 Å². The van der Waals surface area contributed by atoms with Crippen LogP contribution in [-0.2, 0) is 0 Å². The fourth-order valence-electron chi connectivity index (χ4n) is 2.67. The van der Waals surface area contributed by atoms with Gasteiger partial charge in [0.25, 0.3) is 5.91 Å². The van der Waals surface area contributed by atoms with E-state index in [-0.39, 0.29) is 5.91 Å². The van der Waals surface area contributed by atoms with E-state index in [4.69, 9.17) is 23.2 Å². The first-order chi connectivity index (χ1) is 11.1. The highest BCUT2D eigenvalue weighted by Gasteiger charge is 2.15. The predicted octanol–water partition coefficient (Wildman–Crippen LogP) is 4.63. The Morgan fingerprint density at radius 3 is 2.61 bits per heavy atom. The SMILES string of the molecule is O=C(Nc1ccc(Cl)cc1Cl)c1cc(N2CCCCC2)ccn1. The van der Waals surface area contributed by atoms with Gasteiger partial charge in [0, 0.05) is 30.0 Å². The maximum absolute atomic E-state index is 12.4. The van der Waals surface area contributed by atoms with Crippen molar-refractivity contribution in [2.24, 2.45) is 0 Å². The van der Waals surface area contributed by atoms with Crippen molar-refractivity contribution in [3.05, 3.63) is 52.3 Å². The number of anilines is 2. The molecule has 1 N–H and O–H groups in total. The fraction of sp³-hybridized carbons (Fsp3) is 0.294. The molecule has 0 atom stereocenters. The number of benzene rings is 1. The zero-order valence-electron chi connectivity index (χ0n) is 12.6. The van der Waals surface area contributed by atoms with E-state index < -0.39 is 0 Å². The predicted molar refractivity (Wildman–Crippen MR) is 94.7 cm³/mol. The van der Waals surface area contributed by atoms with E-state index in [1.165, 1.54) is 19.3 Å². The number of pyridine rings is 1. The Bertz CT molecular complexity index is 715. The van der Waals surface area contributed by atoms with E-state index in [1.807, 2.05) is 12.1 Å². The summed E-state index contributed by atoms with van der Waals surface area (Å²) in [4.78, 5) is 18.9. The minimum Gasteiger partial charge on any atom is -0.371 e. The molecule has 1 aliphatic rings. The van der Waals surface area contributed by atoms with Crippen LogP contribution in [0.5, 0.6) is 0 Å². The third-order valence-corrected chi connectivity index (χ3v) is 4.42. The Kier molecular flexibility index (Phi) is 5.03. The summed E-state index contributed by atoms with van der Waals surface area (Å²) in [5.41, 5.74) is 1.93. The molecular formula is C17H17Cl2N3O. The van der Waals surface area contributed by atoms with Crippen molar-refractivity contribution in [3.63, 3.8) is 0 Å². The minimum atomic E-state index is -0.284. The molecule has 2 aromatic rings. The highest BCUT2D eigenvalue weighted by Crippen LogP contribution is 2.26. The van der Waals surface area contributed by atoms with Crippen LogP contribution in [0.1, 0.15) is 29.8 Å². The van der Waals surface area contributed by atoms with Crippen LogP contribution in [-0.4, -0.2) is 24.0 Å². The molecule has 6 heteroatoms. The third-order valence-electron chi connectivity index (χ3n) is 3.88. The molecule has 0 saturated carbocycles. The Morgan fingerprint density at radius 1 is 1.09 bits per heavy atom. The summed E-state index contributed by atoms with van der Waals surface area (Å²) in [6.45, 7) is 2.04. The average Bonchev–Trinajstić information content (AvgIpc) is 2.58. The zero-order valence-corrected chi connectivity index (χ0v) is 14.1. The monoisotopic (exact) mass is 349 g/mol. The lowest BCUT2D eigenvalue weighted by molar-refractivity contribution is 0.102. The van der Waals surface area contributed by atoms with Crippen LogP contribution in [0.4, 0.5) is 11.4 Å². The number of carbonyl (C=O) groups excluding carboxylic acids is 1. The van der Waals surface area contributed by atoms with Crippen molar-refractivity contribution in [1.82, 2.24) is 4.98 Å². The number of nitrogens with one attached hydrogen (secondary N) is 1. The normalized spacial score (nSPS) is 14.6. The topological polar surface area (TPSA) is 45.2 Å². The highest BCUT2D eigenvalue weighted by atomic mass is 35.5. The lowest BCUT2D eigenvalue weighted by Crippen LogP contribution is -2.29. The standard InChI is InChI=1S/C17H17Cl2N3O/c18-12-4-5-15(14(19)10-12)21-17(23)16-11-13(6-7-20-16)22-8-2-1-3-9-22/h4-7,10-11H,1-3,8-9H2,(H,21,23). The van der Waals surface area contributed by atoms with Crippen molar-refractivity contribution in [1.29, 1.82) is 0 Å². The van der Waals surface area contributed by atoms with E-state index >= 15 is 0 Å². The molecule has 120 valence electrons. The van der Waals surface area contributed by atoms with Crippen LogP contribution in [0.15, 0.2) is 36.5 Å². The van der Waals surface area contributed by atoms with Gasteiger partial charge in [0.05, 0.1) is 10.7 Å². The summed E-state index contributed by atoms with van der Waals surface area (Å²) in [6, 6.07) is 8.72. The molecule has 0 aliphatic carbocycles. The number of piperidine rings is 1. The molecule has 1 fully saturated rings. The summed E-state index contributed by atoms with van der Waals surface area (Å²) in [7, 11) is 0. The smallest absolute Gasteiger partial charge is 0.274 e. The molecule has 4 nitrogen and oxygen atoms in total. The van der Waals surface area contributed by atoms with Crippen molar-refractivity contribution < 1.29 is 4.79 Å². The van der Waals surface area contributed by atoms with Gasteiger partial charge in [0.2, 0.25) is 0 Å². The maximum Gasteiger partial charge on any atom is 0.274 e. The number of hydrogen-bond donors (Lipinski definition) is 1. The van der Waals surface area contributed by atoms with E-state index in [1.54, 1.807) is 24.4 Å². The minimum absolute atomic E-state index is 0.284. The second kappa shape index (κ2) is 7.20. The first-order valence-corrected chi connectivity index (χ1v) is 8.36. The van der Waals surface area contributed by atoms with Crippen molar-refractivity contribution in [2.45, 2.75) is 19.3 Å². The van der Waals surface area contributed by atoms with Gasteiger partial charge in [0.15, 0.2) is 0 Å². The highest BCUT2D eigenvalue weighted by molar-refractivity contribution is 6.36. The number of carbonyl (C=O) groups is 1. The van der Waals surface area contributed by atoms with Crippen LogP contribution in [0.2, 0.25) is 10.0 Å². The second-order valence-electron chi connectivity index (χ2n) is 5.53. The first kappa shape index (κ1) is 16.1. The molecular weight excluding hydrogens is 333 g/mol. The number of amides is 1. The summed E-state index contributed by atoms with van der Waals surface area (Å²) in [5.74, 6) is -0.284. The molecule has 0 spiro atoms. The summed E-state index contributed by atoms with van der Waals surface area (Å²) >= 11 is 11.9. The van der Waals surface area contributed by atoms with Crippen LogP contribution in [0.3, 0.4) is 0 Å². The molecule has 1 amide bonds. The van der Waals surface area contributed by atoms with Gasteiger partial charge in [-0.1, -0.05) is 23.2 Å². The lowest BCUT2D eigenvalue weighted by atomic mass is 10.1. The van der Waals surface area contributed by atoms with Crippen molar-refractivity contribution in [2.75, 3.05) is 23.3 Å². The van der Waals surface area contributed by atoms with E-state index in [0.717, 1.165) is 18.8 Å². The molecule has 1 aromatic carbocycles. The van der Waals surface area contributed by atoms with E-state index in [9.17, 15) is 4.79 Å². The first-order valence-electron chi connectivity index (χ1n) is 7.61. The number of nitrogens with zero attached hydrogens (tertiary/aromatic N) is 2. The molecule has 0 bridgehead atoms. The summed E-state index contributed by atoms with van der Waals surface area (Å²) in [5, 5.41) is 3.70. The fourth-order valence-corrected chi connectivity index (χ4v) is 3.13. The number of rotatable bonds is 3. The molecule has 3 rings (SSSR count). The molecule has 1 aliphatic heterocycles. The molecule has 1 saturated heterocycles. The maximum atomic E-state index is 12.4. The van der Waals surface area contributed by atoms with Crippen LogP contribution < -0.4 is 10.2 Å². The number of aromatic nitrogens is 1. The molecule has 0 unspecified atom stereocenters. The van der Waals surface area contributed by atoms with Crippen molar-refractivity contribution in [3.8, 4) is 0 Å². The summed E-state index contributed by atoms with van der Waals surface area (Å²) < 4.78 is 0. The van der Waals surface area contributed by atoms with E-state index in [2.05, 4.69) is 15.2 Å². The Hall–Kier alpha value is -1.78. The van der Waals surface area contributed by atoms with Gasteiger partial charge in [-0.3, -0.25) is 9.78 Å². The van der Waals surface area contributed by atoms with Gasteiger partial charge in [-0.05, 0) is 49.6 Å². The Balaban J connectivity index is 1.76. The van der Waals surface area contributed by atoms with Crippen LogP contribution in [0.25, 0.3) is 0 Å². The second-order valence-corrected chi connectivity index (χ2v) is 6.37. The number of halogens is 2. The Labute approximate surface area is 145 Å². The molecule has 2 heterocycles. The summed E-state index contributed by atoms with van der Waals surface area (Å²) in [6.07, 6.45) is 5.31. The number of hydrogen-bond acceptors (Lipinski definition) is 3. The van der Waals surface area contributed by atoms with Gasteiger partial charge in [-0.25, -0.2) is 0 Å². The van der Waals surface area contributed by atoms with Gasteiger partial charge in [-0.15, -0.1) is 0 Å². The third kappa shape index (κ3) is 3.95. The van der Waals surface area contributed by atoms with Crippen LogP contribution in [0, 0.1) is 0 Å². The molecule has 0 radical (unpaired) electrons. The van der Waals surface area contributed by atoms with Crippen LogP contribution >= 0.6 is 23.2 Å². The Morgan fingerprint density at radius 2 is 1.87 bits per heavy atom. The largest absolute Gasteiger partial charge is 0.371 e. The quantitative estimate of drug-likeness (QED) is 0.878. The van der Waals surface area contributed by atoms with Gasteiger partial charge < -0.3 is 10.2 Å². The molecule has 1 aromatic heterocycles. The lowest BCUT2D eigenvalue weighted by Gasteiger charge is -2.28. The van der Waals surface area contributed by atoms with Crippen molar-refractivity contribution >= 4 is 40.5 Å². The van der Waals surface area contributed by atoms with Gasteiger partial charge in [-0.2, -0.15) is 0 Å². The zero-order chi connectivity index (χ0) is 16.2. The molecule has 23 heavy (non-hydrogen) atoms.